The number of nitrogens with one attached hydrogen (secondary N) is 1. The molecular formula is C16H22ClN3O3. The molecule has 1 saturated heterocycles. The van der Waals surface area contributed by atoms with Crippen molar-refractivity contribution in [2.24, 2.45) is 11.7 Å². The van der Waals surface area contributed by atoms with E-state index in [4.69, 9.17) is 14.9 Å². The Kier molecular flexibility index (Phi) is 5.98. The number of nitrogens with two attached hydrogens (primary N) is 1. The van der Waals surface area contributed by atoms with Gasteiger partial charge in [0.15, 0.2) is 11.5 Å². The molecule has 0 spiro atoms. The van der Waals surface area contributed by atoms with E-state index < -0.39 is 6.04 Å². The number of hydrogen-bond donors (Lipinski definition) is 2. The van der Waals surface area contributed by atoms with Gasteiger partial charge in [-0.1, -0.05) is 6.92 Å². The van der Waals surface area contributed by atoms with Crippen molar-refractivity contribution in [3.8, 4) is 0 Å². The van der Waals surface area contributed by atoms with E-state index in [1.807, 2.05) is 25.1 Å². The van der Waals surface area contributed by atoms with Crippen LogP contribution in [0.5, 0.6) is 0 Å². The predicted molar refractivity (Wildman–Crippen MR) is 90.8 cm³/mol. The SMILES string of the molecule is CCc1nc2cc(NC(=O)C(N)C3CCOCC3)ccc2o1.Cl. The molecule has 1 aliphatic heterocycles. The van der Waals surface area contributed by atoms with Gasteiger partial charge in [0.05, 0.1) is 6.04 Å². The number of carbonyl (C=O) groups excluding carboxylic acids is 1. The van der Waals surface area contributed by atoms with E-state index in [9.17, 15) is 4.79 Å². The summed E-state index contributed by atoms with van der Waals surface area (Å²) in [7, 11) is 0. The Morgan fingerprint density at radius 3 is 2.87 bits per heavy atom. The number of oxazole rings is 1. The molecule has 1 unspecified atom stereocenters. The number of carbonyl (C=O) groups is 1. The number of fused-ring (bicyclic) bond motifs is 1. The van der Waals surface area contributed by atoms with Gasteiger partial charge in [-0.05, 0) is 37.0 Å². The van der Waals surface area contributed by atoms with Gasteiger partial charge >= 0.3 is 0 Å². The summed E-state index contributed by atoms with van der Waals surface area (Å²) in [5.74, 6) is 0.707. The summed E-state index contributed by atoms with van der Waals surface area (Å²) < 4.78 is 10.9. The van der Waals surface area contributed by atoms with E-state index in [1.165, 1.54) is 0 Å². The summed E-state index contributed by atoms with van der Waals surface area (Å²) in [6.45, 7) is 3.34. The van der Waals surface area contributed by atoms with Crippen LogP contribution >= 0.6 is 12.4 Å². The quantitative estimate of drug-likeness (QED) is 0.893. The minimum absolute atomic E-state index is 0. The lowest BCUT2D eigenvalue weighted by Gasteiger charge is -2.26. The third-order valence-corrected chi connectivity index (χ3v) is 4.08. The third-order valence-electron chi connectivity index (χ3n) is 4.08. The number of anilines is 1. The highest BCUT2D eigenvalue weighted by molar-refractivity contribution is 5.96. The van der Waals surface area contributed by atoms with E-state index in [1.54, 1.807) is 0 Å². The molecule has 6 nitrogen and oxygen atoms in total. The molecule has 2 aromatic rings. The van der Waals surface area contributed by atoms with Crippen LogP contribution in [0.15, 0.2) is 22.6 Å². The number of amides is 1. The second-order valence-corrected chi connectivity index (χ2v) is 5.61. The number of halogens is 1. The van der Waals surface area contributed by atoms with Crippen molar-refractivity contribution < 1.29 is 13.9 Å². The van der Waals surface area contributed by atoms with Crippen LogP contribution in [0.3, 0.4) is 0 Å². The zero-order valence-electron chi connectivity index (χ0n) is 13.1. The molecule has 7 heteroatoms. The lowest BCUT2D eigenvalue weighted by atomic mass is 9.92. The fraction of sp³-hybridized carbons (Fsp3) is 0.500. The topological polar surface area (TPSA) is 90.4 Å². The molecule has 3 N–H and O–H groups in total. The molecule has 1 amide bonds. The minimum Gasteiger partial charge on any atom is -0.441 e. The fourth-order valence-corrected chi connectivity index (χ4v) is 2.72. The van der Waals surface area contributed by atoms with Gasteiger partial charge in [0.25, 0.3) is 0 Å². The third kappa shape index (κ3) is 4.02. The van der Waals surface area contributed by atoms with Crippen molar-refractivity contribution in [2.45, 2.75) is 32.2 Å². The first-order valence-electron chi connectivity index (χ1n) is 7.71. The molecule has 1 fully saturated rings. The van der Waals surface area contributed by atoms with Crippen LogP contribution < -0.4 is 11.1 Å². The molecular weight excluding hydrogens is 318 g/mol. The number of aryl methyl sites for hydroxylation is 1. The van der Waals surface area contributed by atoms with Crippen molar-refractivity contribution in [2.75, 3.05) is 18.5 Å². The highest BCUT2D eigenvalue weighted by atomic mass is 35.5. The van der Waals surface area contributed by atoms with Gasteiger partial charge in [-0.15, -0.1) is 12.4 Å². The van der Waals surface area contributed by atoms with Crippen LogP contribution in [0.25, 0.3) is 11.1 Å². The Labute approximate surface area is 141 Å². The first kappa shape index (κ1) is 17.7. The van der Waals surface area contributed by atoms with E-state index in [0.29, 0.717) is 24.8 Å². The van der Waals surface area contributed by atoms with Crippen molar-refractivity contribution in [1.82, 2.24) is 4.98 Å². The van der Waals surface area contributed by atoms with E-state index in [2.05, 4.69) is 10.3 Å². The van der Waals surface area contributed by atoms with E-state index in [-0.39, 0.29) is 24.2 Å². The van der Waals surface area contributed by atoms with Gasteiger partial charge in [0, 0.05) is 25.3 Å². The van der Waals surface area contributed by atoms with Gasteiger partial charge in [0.2, 0.25) is 5.91 Å². The highest BCUT2D eigenvalue weighted by Crippen LogP contribution is 2.22. The summed E-state index contributed by atoms with van der Waals surface area (Å²) >= 11 is 0. The molecule has 3 rings (SSSR count). The molecule has 1 aromatic heterocycles. The predicted octanol–water partition coefficient (Wildman–Crippen LogP) is 2.50. The Morgan fingerprint density at radius 2 is 2.17 bits per heavy atom. The second kappa shape index (κ2) is 7.77. The molecule has 0 aliphatic carbocycles. The molecule has 23 heavy (non-hydrogen) atoms. The van der Waals surface area contributed by atoms with Crippen LogP contribution in [0, 0.1) is 5.92 Å². The summed E-state index contributed by atoms with van der Waals surface area (Å²) in [5, 5.41) is 2.87. The molecule has 0 bridgehead atoms. The maximum absolute atomic E-state index is 12.3. The van der Waals surface area contributed by atoms with Crippen molar-refractivity contribution in [1.29, 1.82) is 0 Å². The van der Waals surface area contributed by atoms with Crippen molar-refractivity contribution in [3.05, 3.63) is 24.1 Å². The Balaban J connectivity index is 0.00000192. The number of rotatable bonds is 4. The van der Waals surface area contributed by atoms with Crippen LogP contribution in [0.1, 0.15) is 25.7 Å². The van der Waals surface area contributed by atoms with Crippen LogP contribution in [0.2, 0.25) is 0 Å². The summed E-state index contributed by atoms with van der Waals surface area (Å²) in [6, 6.07) is 4.92. The van der Waals surface area contributed by atoms with E-state index >= 15 is 0 Å². The lowest BCUT2D eigenvalue weighted by Crippen LogP contribution is -2.43. The number of ether oxygens (including phenoxy) is 1. The van der Waals surface area contributed by atoms with Gasteiger partial charge in [0.1, 0.15) is 5.52 Å². The highest BCUT2D eigenvalue weighted by Gasteiger charge is 2.26. The van der Waals surface area contributed by atoms with Crippen LogP contribution in [-0.2, 0) is 16.0 Å². The molecule has 126 valence electrons. The minimum atomic E-state index is -0.511. The van der Waals surface area contributed by atoms with Crippen LogP contribution in [0.4, 0.5) is 5.69 Å². The molecule has 1 aliphatic rings. The molecule has 2 heterocycles. The van der Waals surface area contributed by atoms with Gasteiger partial charge < -0.3 is 20.2 Å². The summed E-state index contributed by atoms with van der Waals surface area (Å²) in [6.07, 6.45) is 2.40. The average Bonchev–Trinajstić information content (AvgIpc) is 2.97. The van der Waals surface area contributed by atoms with Gasteiger partial charge in [-0.2, -0.15) is 0 Å². The first-order chi connectivity index (χ1) is 10.7. The van der Waals surface area contributed by atoms with Crippen molar-refractivity contribution in [3.63, 3.8) is 0 Å². The number of hydrogen-bond acceptors (Lipinski definition) is 5. The molecule has 1 aromatic carbocycles. The maximum atomic E-state index is 12.3. The fourth-order valence-electron chi connectivity index (χ4n) is 2.72. The molecule has 1 atom stereocenters. The molecule has 0 saturated carbocycles. The Bertz CT molecular complexity index is 668. The standard InChI is InChI=1S/C16H21N3O3.ClH/c1-2-14-19-12-9-11(3-4-13(12)22-14)18-16(20)15(17)10-5-7-21-8-6-10;/h3-4,9-10,15H,2,5-8,17H2,1H3,(H,18,20);1H. The Morgan fingerprint density at radius 1 is 1.43 bits per heavy atom. The second-order valence-electron chi connectivity index (χ2n) is 5.61. The number of nitrogens with zero attached hydrogens (tertiary/aromatic N) is 1. The molecule has 0 radical (unpaired) electrons. The lowest BCUT2D eigenvalue weighted by molar-refractivity contribution is -0.119. The van der Waals surface area contributed by atoms with Gasteiger partial charge in [-0.3, -0.25) is 4.79 Å². The smallest absolute Gasteiger partial charge is 0.241 e. The summed E-state index contributed by atoms with van der Waals surface area (Å²) in [5.41, 5.74) is 8.24. The summed E-state index contributed by atoms with van der Waals surface area (Å²) in [4.78, 5) is 16.7. The number of aromatic nitrogens is 1. The number of benzene rings is 1. The van der Waals surface area contributed by atoms with Crippen molar-refractivity contribution >= 4 is 35.1 Å². The van der Waals surface area contributed by atoms with Gasteiger partial charge in [-0.25, -0.2) is 4.98 Å². The largest absolute Gasteiger partial charge is 0.441 e. The normalized spacial score (nSPS) is 16.8. The van der Waals surface area contributed by atoms with Crippen LogP contribution in [-0.4, -0.2) is 30.1 Å². The first-order valence-corrected chi connectivity index (χ1v) is 7.71. The van der Waals surface area contributed by atoms with E-state index in [0.717, 1.165) is 30.4 Å². The monoisotopic (exact) mass is 339 g/mol. The Hall–Kier alpha value is -1.63. The zero-order valence-corrected chi connectivity index (χ0v) is 13.9. The zero-order chi connectivity index (χ0) is 15.5. The maximum Gasteiger partial charge on any atom is 0.241 e. The average molecular weight is 340 g/mol.